The van der Waals surface area contributed by atoms with E-state index in [-0.39, 0.29) is 6.61 Å². The van der Waals surface area contributed by atoms with Gasteiger partial charge in [0.1, 0.15) is 0 Å². The first-order valence-corrected chi connectivity index (χ1v) is 6.98. The van der Waals surface area contributed by atoms with Crippen molar-refractivity contribution in [3.8, 4) is 0 Å². The van der Waals surface area contributed by atoms with Crippen LogP contribution in [0.1, 0.15) is 0 Å². The molecular formula is C8H23ClN5OP. The van der Waals surface area contributed by atoms with Gasteiger partial charge in [-0.3, -0.25) is 9.34 Å². The Morgan fingerprint density at radius 3 is 2.00 bits per heavy atom. The number of halogens is 1. The van der Waals surface area contributed by atoms with E-state index >= 15 is 0 Å². The average Bonchev–Trinajstić information content (AvgIpc) is 2.18. The van der Waals surface area contributed by atoms with Crippen LogP contribution >= 0.6 is 19.3 Å². The molecule has 0 aromatic carbocycles. The Hall–Kier alpha value is 0.320. The van der Waals surface area contributed by atoms with Crippen molar-refractivity contribution < 1.29 is 5.11 Å². The third-order valence-electron chi connectivity index (χ3n) is 2.26. The van der Waals surface area contributed by atoms with Gasteiger partial charge in [0.25, 0.3) is 0 Å². The van der Waals surface area contributed by atoms with E-state index in [0.29, 0.717) is 13.2 Å². The highest BCUT2D eigenvalue weighted by molar-refractivity contribution is 7.59. The van der Waals surface area contributed by atoms with Gasteiger partial charge in [0.2, 0.25) is 0 Å². The maximum Gasteiger partial charge on any atom is 0.185 e. The van der Waals surface area contributed by atoms with E-state index in [2.05, 4.69) is 14.3 Å². The standard InChI is InChI=1S/C8H23ClN5OP/c1-12(2)16(11-9,13(3)4)14(5)8-10-6-7-15/h10,15H,6-8H2,1-5H3. The molecule has 0 saturated carbocycles. The number of rotatable bonds is 7. The molecule has 0 aromatic rings. The molecule has 0 unspecified atom stereocenters. The molecule has 0 aliphatic carbocycles. The monoisotopic (exact) mass is 271 g/mol. The van der Waals surface area contributed by atoms with Gasteiger partial charge in [-0.05, 0) is 35.2 Å². The summed E-state index contributed by atoms with van der Waals surface area (Å²) in [6.45, 7) is 1.32. The van der Waals surface area contributed by atoms with Crippen molar-refractivity contribution in [2.45, 2.75) is 0 Å². The molecule has 0 heterocycles. The lowest BCUT2D eigenvalue weighted by molar-refractivity contribution is 0.282. The van der Waals surface area contributed by atoms with Gasteiger partial charge in [-0.25, -0.2) is 4.67 Å². The summed E-state index contributed by atoms with van der Waals surface area (Å²) in [7, 11) is 7.80. The van der Waals surface area contributed by atoms with Crippen molar-refractivity contribution >= 4 is 19.3 Å². The van der Waals surface area contributed by atoms with Crippen LogP contribution in [0.4, 0.5) is 0 Å². The van der Waals surface area contributed by atoms with Gasteiger partial charge in [0.15, 0.2) is 7.51 Å². The first kappa shape index (κ1) is 16.3. The second-order valence-electron chi connectivity index (χ2n) is 3.85. The first-order valence-electron chi connectivity index (χ1n) is 5.04. The largest absolute Gasteiger partial charge is 0.395 e. The molecule has 0 saturated heterocycles. The maximum absolute atomic E-state index is 8.72. The highest BCUT2D eigenvalue weighted by Gasteiger charge is 2.30. The van der Waals surface area contributed by atoms with Crippen LogP contribution in [0.3, 0.4) is 0 Å². The van der Waals surface area contributed by atoms with E-state index in [1.54, 1.807) is 0 Å². The highest BCUT2D eigenvalue weighted by atomic mass is 35.5. The minimum absolute atomic E-state index is 0.126. The molecule has 98 valence electrons. The second-order valence-corrected chi connectivity index (χ2v) is 7.81. The number of hydrogen-bond donors (Lipinski definition) is 2. The third-order valence-corrected chi connectivity index (χ3v) is 6.28. The molecule has 6 nitrogen and oxygen atoms in total. The van der Waals surface area contributed by atoms with Crippen molar-refractivity contribution in [2.75, 3.05) is 55.1 Å². The maximum atomic E-state index is 8.72. The second kappa shape index (κ2) is 7.61. The summed E-state index contributed by atoms with van der Waals surface area (Å²) in [5.41, 5.74) is 0. The minimum Gasteiger partial charge on any atom is -0.395 e. The van der Waals surface area contributed by atoms with Gasteiger partial charge in [0, 0.05) is 18.3 Å². The van der Waals surface area contributed by atoms with Gasteiger partial charge in [-0.2, -0.15) is 4.26 Å². The van der Waals surface area contributed by atoms with Gasteiger partial charge in [0.05, 0.1) is 13.3 Å². The van der Waals surface area contributed by atoms with Crippen LogP contribution in [0.5, 0.6) is 0 Å². The fraction of sp³-hybridized carbons (Fsp3) is 1.00. The molecule has 0 bridgehead atoms. The summed E-state index contributed by atoms with van der Waals surface area (Å²) in [6, 6.07) is 0. The van der Waals surface area contributed by atoms with E-state index in [0.717, 1.165) is 0 Å². The zero-order chi connectivity index (χ0) is 12.8. The van der Waals surface area contributed by atoms with E-state index < -0.39 is 7.51 Å². The van der Waals surface area contributed by atoms with Crippen molar-refractivity contribution in [2.24, 2.45) is 4.26 Å². The molecule has 0 radical (unpaired) electrons. The van der Waals surface area contributed by atoms with Crippen LogP contribution in [0.15, 0.2) is 4.26 Å². The molecule has 0 amide bonds. The highest BCUT2D eigenvalue weighted by Crippen LogP contribution is 2.55. The first-order chi connectivity index (χ1) is 7.43. The number of hydrogen-bond acceptors (Lipinski definition) is 3. The van der Waals surface area contributed by atoms with E-state index in [4.69, 9.17) is 16.9 Å². The zero-order valence-corrected chi connectivity index (χ0v) is 12.3. The van der Waals surface area contributed by atoms with Crippen molar-refractivity contribution in [1.29, 1.82) is 0 Å². The quantitative estimate of drug-likeness (QED) is 0.405. The molecule has 2 N–H and O–H groups in total. The van der Waals surface area contributed by atoms with Crippen LogP contribution in [-0.4, -0.2) is 74.2 Å². The summed E-state index contributed by atoms with van der Waals surface area (Å²) >= 11 is 5.79. The molecule has 8 heteroatoms. The van der Waals surface area contributed by atoms with Crippen molar-refractivity contribution in [3.05, 3.63) is 0 Å². The lowest BCUT2D eigenvalue weighted by atomic mass is 10.7. The van der Waals surface area contributed by atoms with E-state index in [9.17, 15) is 0 Å². The number of aliphatic hydroxyl groups excluding tert-OH is 1. The van der Waals surface area contributed by atoms with Gasteiger partial charge >= 0.3 is 0 Å². The summed E-state index contributed by atoms with van der Waals surface area (Å²) in [5, 5.41) is 11.8. The normalized spacial score (nSPS) is 12.9. The molecule has 0 aliphatic rings. The zero-order valence-electron chi connectivity index (χ0n) is 10.7. The van der Waals surface area contributed by atoms with Crippen LogP contribution in [0, 0.1) is 0 Å². The molecule has 0 rings (SSSR count). The summed E-state index contributed by atoms with van der Waals surface area (Å²) < 4.78 is 10.2. The summed E-state index contributed by atoms with van der Waals surface area (Å²) in [5.74, 6) is 0. The van der Waals surface area contributed by atoms with Gasteiger partial charge in [-0.15, -0.1) is 0 Å². The summed E-state index contributed by atoms with van der Waals surface area (Å²) in [4.78, 5) is 0. The molecule has 16 heavy (non-hydrogen) atoms. The molecule has 0 spiro atoms. The Kier molecular flexibility index (Phi) is 7.76. The predicted molar refractivity (Wildman–Crippen MR) is 70.3 cm³/mol. The lowest BCUT2D eigenvalue weighted by Gasteiger charge is -2.41. The number of aliphatic hydroxyl groups is 1. The molecule has 0 aromatic heterocycles. The van der Waals surface area contributed by atoms with E-state index in [1.165, 1.54) is 0 Å². The predicted octanol–water partition coefficient (Wildman–Crippen LogP) is 0.681. The third kappa shape index (κ3) is 3.67. The minimum atomic E-state index is -2.01. The Morgan fingerprint density at radius 1 is 1.19 bits per heavy atom. The summed E-state index contributed by atoms with van der Waals surface area (Å²) in [6.07, 6.45) is 0. The molecule has 0 aliphatic heterocycles. The molecule has 0 atom stereocenters. The van der Waals surface area contributed by atoms with Crippen LogP contribution in [0.2, 0.25) is 0 Å². The Bertz CT molecular complexity index is 237. The molecular weight excluding hydrogens is 249 g/mol. The van der Waals surface area contributed by atoms with Gasteiger partial charge in [-0.1, -0.05) is 0 Å². The number of nitrogens with zero attached hydrogens (tertiary/aromatic N) is 4. The smallest absolute Gasteiger partial charge is 0.185 e. The van der Waals surface area contributed by atoms with Crippen LogP contribution in [-0.2, 0) is 0 Å². The van der Waals surface area contributed by atoms with E-state index in [1.807, 2.05) is 44.6 Å². The molecule has 0 fully saturated rings. The fourth-order valence-electron chi connectivity index (χ4n) is 1.58. The Balaban J connectivity index is 4.77. The van der Waals surface area contributed by atoms with Gasteiger partial charge < -0.3 is 10.4 Å². The topological polar surface area (TPSA) is 54.3 Å². The fourth-order valence-corrected chi connectivity index (χ4v) is 5.35. The Labute approximate surface area is 103 Å². The van der Waals surface area contributed by atoms with Crippen molar-refractivity contribution in [1.82, 2.24) is 19.3 Å². The van der Waals surface area contributed by atoms with Crippen molar-refractivity contribution in [3.63, 3.8) is 0 Å². The SMILES string of the molecule is CN(C)P(=NCl)(N(C)C)N(C)CNCCO. The Morgan fingerprint density at radius 2 is 1.69 bits per heavy atom. The average molecular weight is 272 g/mol. The van der Waals surface area contributed by atoms with Crippen LogP contribution in [0.25, 0.3) is 0 Å². The van der Waals surface area contributed by atoms with Crippen LogP contribution < -0.4 is 5.32 Å². The lowest BCUT2D eigenvalue weighted by Crippen LogP contribution is -2.38. The number of nitrogens with one attached hydrogen (secondary N) is 1.